The minimum Gasteiger partial charge on any atom is -0.360 e. The summed E-state index contributed by atoms with van der Waals surface area (Å²) in [4.78, 5) is 25.3. The summed E-state index contributed by atoms with van der Waals surface area (Å²) in [6.45, 7) is 5.78. The summed E-state index contributed by atoms with van der Waals surface area (Å²) < 4.78 is 3.48. The van der Waals surface area contributed by atoms with E-state index >= 15 is 0 Å². The fourth-order valence-electron chi connectivity index (χ4n) is 3.99. The van der Waals surface area contributed by atoms with Gasteiger partial charge in [-0.15, -0.1) is 0 Å². The molecule has 2 aliphatic rings. The maximum atomic E-state index is 12.8. The summed E-state index contributed by atoms with van der Waals surface area (Å²) in [6, 6.07) is 3.67. The van der Waals surface area contributed by atoms with Gasteiger partial charge in [0.2, 0.25) is 0 Å². The summed E-state index contributed by atoms with van der Waals surface area (Å²) >= 11 is 1.56. The molecule has 0 unspecified atom stereocenters. The number of nitrogens with one attached hydrogen (secondary N) is 1. The maximum Gasteiger partial charge on any atom is 0.259 e. The van der Waals surface area contributed by atoms with E-state index in [1.165, 1.54) is 18.4 Å². The first-order chi connectivity index (χ1) is 14.2. The van der Waals surface area contributed by atoms with E-state index < -0.39 is 0 Å². The number of rotatable bonds is 3. The van der Waals surface area contributed by atoms with Crippen molar-refractivity contribution in [2.24, 2.45) is 0 Å². The minimum atomic E-state index is -0.0701. The molecule has 148 valence electrons. The maximum absolute atomic E-state index is 12.8. The van der Waals surface area contributed by atoms with Crippen LogP contribution in [0.15, 0.2) is 29.3 Å². The number of aryl methyl sites for hydroxylation is 1. The SMILES string of the molecule is Cc1cn2nc(-c3cc(=O)n4cc(N5CCNCC5)sc4n3)cc(C3CC3)c2n1. The van der Waals surface area contributed by atoms with Gasteiger partial charge in [0.1, 0.15) is 10.7 Å². The number of thiazole rings is 1. The molecule has 1 N–H and O–H groups in total. The zero-order valence-electron chi connectivity index (χ0n) is 16.1. The smallest absolute Gasteiger partial charge is 0.259 e. The molecule has 8 nitrogen and oxygen atoms in total. The molecule has 1 aliphatic carbocycles. The predicted octanol–water partition coefficient (Wildman–Crippen LogP) is 2.06. The molecule has 0 amide bonds. The lowest BCUT2D eigenvalue weighted by atomic mass is 10.1. The van der Waals surface area contributed by atoms with Crippen molar-refractivity contribution in [2.75, 3.05) is 31.1 Å². The van der Waals surface area contributed by atoms with Crippen LogP contribution in [0.2, 0.25) is 0 Å². The van der Waals surface area contributed by atoms with E-state index in [2.05, 4.69) is 21.3 Å². The van der Waals surface area contributed by atoms with Gasteiger partial charge in [0, 0.05) is 44.0 Å². The number of aromatic nitrogens is 5. The molecule has 5 heterocycles. The van der Waals surface area contributed by atoms with Crippen LogP contribution in [0.3, 0.4) is 0 Å². The number of piperazine rings is 1. The molecule has 0 radical (unpaired) electrons. The Kier molecular flexibility index (Phi) is 3.75. The van der Waals surface area contributed by atoms with E-state index in [0.717, 1.165) is 48.2 Å². The Morgan fingerprint density at radius 3 is 2.72 bits per heavy atom. The van der Waals surface area contributed by atoms with Gasteiger partial charge in [-0.05, 0) is 31.7 Å². The topological polar surface area (TPSA) is 79.8 Å². The van der Waals surface area contributed by atoms with Crippen LogP contribution in [0.1, 0.15) is 30.0 Å². The van der Waals surface area contributed by atoms with Gasteiger partial charge >= 0.3 is 0 Å². The largest absolute Gasteiger partial charge is 0.360 e. The average molecular weight is 408 g/mol. The van der Waals surface area contributed by atoms with Gasteiger partial charge in [0.05, 0.1) is 17.6 Å². The Morgan fingerprint density at radius 1 is 1.10 bits per heavy atom. The zero-order chi connectivity index (χ0) is 19.5. The molecule has 0 atom stereocenters. The molecule has 9 heteroatoms. The van der Waals surface area contributed by atoms with Crippen molar-refractivity contribution in [2.45, 2.75) is 25.7 Å². The summed E-state index contributed by atoms with van der Waals surface area (Å²) in [7, 11) is 0. The van der Waals surface area contributed by atoms with Gasteiger partial charge in [0.25, 0.3) is 5.56 Å². The lowest BCUT2D eigenvalue weighted by Gasteiger charge is -2.27. The Labute approximate surface area is 170 Å². The first kappa shape index (κ1) is 17.1. The summed E-state index contributed by atoms with van der Waals surface area (Å²) in [6.07, 6.45) is 6.21. The molecular formula is C20H21N7OS. The Bertz CT molecular complexity index is 1290. The van der Waals surface area contributed by atoms with Crippen molar-refractivity contribution < 1.29 is 0 Å². The molecule has 4 aromatic heterocycles. The van der Waals surface area contributed by atoms with E-state index in [-0.39, 0.29) is 5.56 Å². The molecule has 4 aromatic rings. The molecule has 29 heavy (non-hydrogen) atoms. The first-order valence-corrected chi connectivity index (χ1v) is 10.8. The second-order valence-electron chi connectivity index (χ2n) is 7.85. The van der Waals surface area contributed by atoms with Crippen molar-refractivity contribution in [3.05, 3.63) is 46.1 Å². The average Bonchev–Trinajstić information content (AvgIpc) is 3.36. The second-order valence-corrected chi connectivity index (χ2v) is 8.84. The van der Waals surface area contributed by atoms with E-state index in [1.807, 2.05) is 23.8 Å². The highest BCUT2D eigenvalue weighted by molar-refractivity contribution is 7.20. The lowest BCUT2D eigenvalue weighted by molar-refractivity contribution is 0.591. The van der Waals surface area contributed by atoms with E-state index in [4.69, 9.17) is 10.1 Å². The van der Waals surface area contributed by atoms with Gasteiger partial charge in [-0.3, -0.25) is 9.20 Å². The Morgan fingerprint density at radius 2 is 1.93 bits per heavy atom. The predicted molar refractivity (Wildman–Crippen MR) is 113 cm³/mol. The molecule has 0 aromatic carbocycles. The highest BCUT2D eigenvalue weighted by Gasteiger charge is 2.28. The monoisotopic (exact) mass is 407 g/mol. The number of fused-ring (bicyclic) bond motifs is 2. The molecule has 6 rings (SSSR count). The summed E-state index contributed by atoms with van der Waals surface area (Å²) in [5.41, 5.74) is 4.35. The van der Waals surface area contributed by atoms with Gasteiger partial charge < -0.3 is 10.2 Å². The Balaban J connectivity index is 1.48. The normalized spacial score (nSPS) is 17.5. The lowest BCUT2D eigenvalue weighted by Crippen LogP contribution is -2.43. The third-order valence-electron chi connectivity index (χ3n) is 5.64. The van der Waals surface area contributed by atoms with Crippen LogP contribution in [0.25, 0.3) is 22.0 Å². The number of hydrogen-bond acceptors (Lipinski definition) is 7. The van der Waals surface area contributed by atoms with Crippen LogP contribution in [0.4, 0.5) is 5.00 Å². The van der Waals surface area contributed by atoms with Crippen LogP contribution in [0, 0.1) is 6.92 Å². The highest BCUT2D eigenvalue weighted by atomic mass is 32.1. The van der Waals surface area contributed by atoms with Crippen LogP contribution in [0.5, 0.6) is 0 Å². The third kappa shape index (κ3) is 2.92. The van der Waals surface area contributed by atoms with E-state index in [9.17, 15) is 4.79 Å². The third-order valence-corrected chi connectivity index (χ3v) is 6.68. The number of imidazole rings is 1. The van der Waals surface area contributed by atoms with E-state index in [1.54, 1.807) is 21.8 Å². The Hall–Kier alpha value is -2.78. The first-order valence-electron chi connectivity index (χ1n) is 10.0. The molecule has 1 saturated carbocycles. The number of anilines is 1. The van der Waals surface area contributed by atoms with Gasteiger partial charge in [-0.25, -0.2) is 14.5 Å². The van der Waals surface area contributed by atoms with Crippen LogP contribution in [-0.2, 0) is 0 Å². The molecular weight excluding hydrogens is 386 g/mol. The quantitative estimate of drug-likeness (QED) is 0.560. The van der Waals surface area contributed by atoms with Crippen LogP contribution < -0.4 is 15.8 Å². The zero-order valence-corrected chi connectivity index (χ0v) is 16.9. The van der Waals surface area contributed by atoms with Crippen molar-refractivity contribution in [3.8, 4) is 11.4 Å². The van der Waals surface area contributed by atoms with Crippen LogP contribution >= 0.6 is 11.3 Å². The molecule has 0 spiro atoms. The summed E-state index contributed by atoms with van der Waals surface area (Å²) in [5, 5.41) is 9.15. The van der Waals surface area contributed by atoms with Crippen LogP contribution in [-0.4, -0.2) is 50.2 Å². The van der Waals surface area contributed by atoms with Crippen molar-refractivity contribution in [3.63, 3.8) is 0 Å². The van der Waals surface area contributed by atoms with Crippen molar-refractivity contribution in [1.82, 2.24) is 29.3 Å². The highest BCUT2D eigenvalue weighted by Crippen LogP contribution is 2.42. The fraction of sp³-hybridized carbons (Fsp3) is 0.400. The molecule has 2 fully saturated rings. The van der Waals surface area contributed by atoms with Gasteiger partial charge in [-0.1, -0.05) is 11.3 Å². The van der Waals surface area contributed by atoms with E-state index in [0.29, 0.717) is 16.6 Å². The number of hydrogen-bond donors (Lipinski definition) is 1. The fourth-order valence-corrected chi connectivity index (χ4v) is 5.03. The molecule has 1 saturated heterocycles. The second kappa shape index (κ2) is 6.36. The minimum absolute atomic E-state index is 0.0701. The van der Waals surface area contributed by atoms with Gasteiger partial charge in [0.15, 0.2) is 10.6 Å². The summed E-state index contributed by atoms with van der Waals surface area (Å²) in [5.74, 6) is 0.534. The molecule has 1 aliphatic heterocycles. The van der Waals surface area contributed by atoms with Crippen molar-refractivity contribution >= 4 is 26.9 Å². The standard InChI is InChI=1S/C20H21N7OS/c1-12-10-27-19(22-12)14(13-2-3-13)8-16(24-27)15-9-17(28)26-11-18(29-20(26)23-15)25-6-4-21-5-7-25/h8-11,13,21H,2-7H2,1H3. The number of nitrogens with zero attached hydrogens (tertiary/aromatic N) is 6. The van der Waals surface area contributed by atoms with Gasteiger partial charge in [-0.2, -0.15) is 5.10 Å². The van der Waals surface area contributed by atoms with Crippen molar-refractivity contribution in [1.29, 1.82) is 0 Å². The molecule has 0 bridgehead atoms.